The number of halogens is 1. The van der Waals surface area contributed by atoms with Gasteiger partial charge >= 0.3 is 0 Å². The summed E-state index contributed by atoms with van der Waals surface area (Å²) in [5, 5.41) is 0.350. The van der Waals surface area contributed by atoms with Crippen molar-refractivity contribution in [2.75, 3.05) is 45.5 Å². The molecule has 2 aliphatic rings. The van der Waals surface area contributed by atoms with Crippen LogP contribution in [0, 0.1) is 5.92 Å². The normalized spacial score (nSPS) is 22.9. The van der Waals surface area contributed by atoms with Crippen LogP contribution in [0.15, 0.2) is 29.2 Å². The second kappa shape index (κ2) is 8.27. The second-order valence-electron chi connectivity index (χ2n) is 7.15. The zero-order valence-corrected chi connectivity index (χ0v) is 18.0. The lowest BCUT2D eigenvalue weighted by Gasteiger charge is -2.38. The van der Waals surface area contributed by atoms with Crippen molar-refractivity contribution >= 4 is 37.6 Å². The maximum atomic E-state index is 12.8. The van der Waals surface area contributed by atoms with Crippen LogP contribution in [-0.4, -0.2) is 81.8 Å². The summed E-state index contributed by atoms with van der Waals surface area (Å²) < 4.78 is 51.7. The van der Waals surface area contributed by atoms with Crippen LogP contribution in [0.1, 0.15) is 12.8 Å². The van der Waals surface area contributed by atoms with Crippen LogP contribution in [0.4, 0.5) is 0 Å². The summed E-state index contributed by atoms with van der Waals surface area (Å²) in [6.07, 6.45) is 2.44. The molecule has 1 aromatic rings. The van der Waals surface area contributed by atoms with Gasteiger partial charge in [0.25, 0.3) is 0 Å². The van der Waals surface area contributed by atoms with Gasteiger partial charge < -0.3 is 4.90 Å². The third-order valence-electron chi connectivity index (χ3n) is 5.19. The first kappa shape index (κ1) is 21.5. The number of amides is 1. The fraction of sp³-hybridized carbons (Fsp3) is 0.588. The minimum Gasteiger partial charge on any atom is -0.340 e. The Balaban J connectivity index is 1.63. The summed E-state index contributed by atoms with van der Waals surface area (Å²) >= 11 is 5.90. The highest BCUT2D eigenvalue weighted by atomic mass is 35.5. The Hall–Kier alpha value is -1.20. The van der Waals surface area contributed by atoms with Crippen molar-refractivity contribution in [3.63, 3.8) is 0 Å². The zero-order valence-electron chi connectivity index (χ0n) is 15.6. The van der Waals surface area contributed by atoms with Gasteiger partial charge in [-0.3, -0.25) is 4.79 Å². The maximum Gasteiger partial charge on any atom is 0.243 e. The highest BCUT2D eigenvalue weighted by Gasteiger charge is 2.35. The molecule has 28 heavy (non-hydrogen) atoms. The predicted octanol–water partition coefficient (Wildman–Crippen LogP) is 0.845. The Morgan fingerprint density at radius 1 is 1.04 bits per heavy atom. The SMILES string of the molecule is CS(=O)(=O)N1CCCC(C(=O)N2CCN(S(=O)(=O)c3cccc(Cl)c3)CC2)C1. The molecule has 3 rings (SSSR count). The summed E-state index contributed by atoms with van der Waals surface area (Å²) in [4.78, 5) is 14.6. The molecule has 0 N–H and O–H groups in total. The first-order valence-corrected chi connectivity index (χ1v) is 12.8. The molecular formula is C17H24ClN3O5S2. The Morgan fingerprint density at radius 3 is 2.32 bits per heavy atom. The molecule has 2 heterocycles. The number of rotatable bonds is 4. The highest BCUT2D eigenvalue weighted by Crippen LogP contribution is 2.24. The highest BCUT2D eigenvalue weighted by molar-refractivity contribution is 7.89. The standard InChI is InChI=1S/C17H24ClN3O5S2/c1-27(23,24)21-7-3-4-14(13-21)17(22)19-8-10-20(11-9-19)28(25,26)16-6-2-5-15(18)12-16/h2,5-6,12,14H,3-4,7-11,13H2,1H3. The van der Waals surface area contributed by atoms with Crippen LogP contribution in [-0.2, 0) is 24.8 Å². The molecule has 8 nitrogen and oxygen atoms in total. The van der Waals surface area contributed by atoms with E-state index < -0.39 is 20.0 Å². The molecule has 0 spiro atoms. The van der Waals surface area contributed by atoms with Gasteiger partial charge in [-0.15, -0.1) is 0 Å². The van der Waals surface area contributed by atoms with Gasteiger partial charge in [-0.05, 0) is 31.0 Å². The number of sulfonamides is 2. The number of benzene rings is 1. The molecule has 2 fully saturated rings. The van der Waals surface area contributed by atoms with Crippen molar-refractivity contribution in [3.8, 4) is 0 Å². The molecule has 0 saturated carbocycles. The zero-order chi connectivity index (χ0) is 20.5. The number of piperidine rings is 1. The van der Waals surface area contributed by atoms with Crippen LogP contribution < -0.4 is 0 Å². The summed E-state index contributed by atoms with van der Waals surface area (Å²) in [6.45, 7) is 1.60. The third kappa shape index (κ3) is 4.68. The van der Waals surface area contributed by atoms with Gasteiger partial charge in [0.2, 0.25) is 26.0 Å². The monoisotopic (exact) mass is 449 g/mol. The lowest BCUT2D eigenvalue weighted by atomic mass is 9.98. The summed E-state index contributed by atoms with van der Waals surface area (Å²) in [5.41, 5.74) is 0. The smallest absolute Gasteiger partial charge is 0.243 e. The van der Waals surface area contributed by atoms with E-state index in [-0.39, 0.29) is 49.4 Å². The molecule has 2 saturated heterocycles. The molecule has 0 radical (unpaired) electrons. The van der Waals surface area contributed by atoms with E-state index in [2.05, 4.69) is 0 Å². The Morgan fingerprint density at radius 2 is 1.71 bits per heavy atom. The van der Waals surface area contributed by atoms with Crippen molar-refractivity contribution < 1.29 is 21.6 Å². The van der Waals surface area contributed by atoms with Crippen molar-refractivity contribution in [1.82, 2.24) is 13.5 Å². The van der Waals surface area contributed by atoms with Crippen LogP contribution in [0.2, 0.25) is 5.02 Å². The van der Waals surface area contributed by atoms with Crippen molar-refractivity contribution in [2.45, 2.75) is 17.7 Å². The Bertz CT molecular complexity index is 943. The topological polar surface area (TPSA) is 95.1 Å². The number of piperazine rings is 1. The molecular weight excluding hydrogens is 426 g/mol. The second-order valence-corrected chi connectivity index (χ2v) is 11.5. The maximum absolute atomic E-state index is 12.8. The lowest BCUT2D eigenvalue weighted by Crippen LogP contribution is -2.53. The molecule has 11 heteroatoms. The predicted molar refractivity (Wildman–Crippen MR) is 106 cm³/mol. The summed E-state index contributed by atoms with van der Waals surface area (Å²) in [7, 11) is -6.98. The fourth-order valence-corrected chi connectivity index (χ4v) is 6.26. The molecule has 1 unspecified atom stereocenters. The molecule has 0 aliphatic carbocycles. The van der Waals surface area contributed by atoms with Crippen LogP contribution in [0.25, 0.3) is 0 Å². The molecule has 0 aromatic heterocycles. The van der Waals surface area contributed by atoms with E-state index >= 15 is 0 Å². The molecule has 1 amide bonds. The largest absolute Gasteiger partial charge is 0.340 e. The molecule has 2 aliphatic heterocycles. The van der Waals surface area contributed by atoms with E-state index in [1.807, 2.05) is 0 Å². The molecule has 1 aromatic carbocycles. The van der Waals surface area contributed by atoms with Crippen LogP contribution >= 0.6 is 11.6 Å². The van der Waals surface area contributed by atoms with Gasteiger partial charge in [-0.1, -0.05) is 17.7 Å². The first-order valence-electron chi connectivity index (χ1n) is 9.08. The summed E-state index contributed by atoms with van der Waals surface area (Å²) in [6, 6.07) is 6.11. The summed E-state index contributed by atoms with van der Waals surface area (Å²) in [5.74, 6) is -0.479. The van der Waals surface area contributed by atoms with E-state index in [1.54, 1.807) is 17.0 Å². The number of hydrogen-bond donors (Lipinski definition) is 0. The van der Waals surface area contributed by atoms with E-state index in [9.17, 15) is 21.6 Å². The quantitative estimate of drug-likeness (QED) is 0.678. The first-order chi connectivity index (χ1) is 13.1. The van der Waals surface area contributed by atoms with Gasteiger partial charge in [-0.2, -0.15) is 4.31 Å². The van der Waals surface area contributed by atoms with Crippen molar-refractivity contribution in [3.05, 3.63) is 29.3 Å². The minimum atomic E-state index is -3.66. The van der Waals surface area contributed by atoms with Gasteiger partial charge in [0.15, 0.2) is 0 Å². The third-order valence-corrected chi connectivity index (χ3v) is 8.59. The Kier molecular flexibility index (Phi) is 6.35. The number of carbonyl (C=O) groups is 1. The van der Waals surface area contributed by atoms with Gasteiger partial charge in [-0.25, -0.2) is 21.1 Å². The van der Waals surface area contributed by atoms with E-state index in [0.717, 1.165) is 6.26 Å². The molecule has 1 atom stereocenters. The number of carbonyl (C=O) groups excluding carboxylic acids is 1. The molecule has 0 bridgehead atoms. The number of hydrogen-bond acceptors (Lipinski definition) is 5. The van der Waals surface area contributed by atoms with E-state index in [0.29, 0.717) is 24.4 Å². The van der Waals surface area contributed by atoms with Gasteiger partial charge in [0.05, 0.1) is 17.1 Å². The van der Waals surface area contributed by atoms with Gasteiger partial charge in [0.1, 0.15) is 0 Å². The Labute approximate surface area is 171 Å². The minimum absolute atomic E-state index is 0.104. The number of nitrogens with zero attached hydrogens (tertiary/aromatic N) is 3. The van der Waals surface area contributed by atoms with Crippen LogP contribution in [0.5, 0.6) is 0 Å². The lowest BCUT2D eigenvalue weighted by molar-refractivity contribution is -0.137. The van der Waals surface area contributed by atoms with Crippen LogP contribution in [0.3, 0.4) is 0 Å². The fourth-order valence-electron chi connectivity index (χ4n) is 3.63. The van der Waals surface area contributed by atoms with E-state index in [4.69, 9.17) is 11.6 Å². The average Bonchev–Trinajstić information content (AvgIpc) is 2.67. The van der Waals surface area contributed by atoms with Crippen molar-refractivity contribution in [1.29, 1.82) is 0 Å². The van der Waals surface area contributed by atoms with Crippen molar-refractivity contribution in [2.24, 2.45) is 5.92 Å². The van der Waals surface area contributed by atoms with Gasteiger partial charge in [0, 0.05) is 44.3 Å². The average molecular weight is 450 g/mol. The van der Waals surface area contributed by atoms with E-state index in [1.165, 1.54) is 20.7 Å². The molecule has 156 valence electrons.